The molecule has 6 rings (SSSR count). The van der Waals surface area contributed by atoms with Crippen LogP contribution in [-0.2, 0) is 4.79 Å². The van der Waals surface area contributed by atoms with Gasteiger partial charge >= 0.3 is 4.87 Å². The lowest BCUT2D eigenvalue weighted by atomic mass is 9.75. The van der Waals surface area contributed by atoms with Gasteiger partial charge in [0.05, 0.1) is 5.03 Å². The van der Waals surface area contributed by atoms with Gasteiger partial charge in [0.25, 0.3) is 5.91 Å². The fourth-order valence-electron chi connectivity index (χ4n) is 6.04. The molecule has 0 spiro atoms. The second-order valence-electron chi connectivity index (χ2n) is 9.40. The maximum absolute atomic E-state index is 12.3. The van der Waals surface area contributed by atoms with Crippen LogP contribution in [0.4, 0.5) is 5.69 Å². The van der Waals surface area contributed by atoms with Crippen molar-refractivity contribution in [2.75, 3.05) is 11.9 Å². The number of amides is 1. The molecule has 0 radical (unpaired) electrons. The molecule has 2 heterocycles. The van der Waals surface area contributed by atoms with Gasteiger partial charge in [0, 0.05) is 21.7 Å². The van der Waals surface area contributed by atoms with Gasteiger partial charge in [-0.15, -0.1) is 11.8 Å². The smallest absolute Gasteiger partial charge is 0.305 e. The number of carbonyl (C=O) groups excluding carboxylic acids is 1. The van der Waals surface area contributed by atoms with E-state index in [4.69, 9.17) is 4.74 Å². The van der Waals surface area contributed by atoms with Gasteiger partial charge in [0.2, 0.25) is 0 Å². The number of anilines is 1. The second kappa shape index (κ2) is 8.37. The minimum absolute atomic E-state index is 0.0359. The molecule has 170 valence electrons. The number of benzene rings is 2. The Morgan fingerprint density at radius 3 is 2.73 bits per heavy atom. The quantitative estimate of drug-likeness (QED) is 0.514. The van der Waals surface area contributed by atoms with Crippen molar-refractivity contribution in [2.24, 2.45) is 17.8 Å². The van der Waals surface area contributed by atoms with Crippen LogP contribution in [0.5, 0.6) is 5.75 Å². The van der Waals surface area contributed by atoms with Crippen molar-refractivity contribution < 1.29 is 9.53 Å². The van der Waals surface area contributed by atoms with Crippen molar-refractivity contribution in [2.45, 2.75) is 42.4 Å². The molecular weight excluding hydrogens is 452 g/mol. The lowest BCUT2D eigenvalue weighted by molar-refractivity contribution is -0.118. The van der Waals surface area contributed by atoms with Crippen molar-refractivity contribution in [3.05, 3.63) is 74.2 Å². The third-order valence-corrected chi connectivity index (χ3v) is 10.1. The number of rotatable bonds is 5. The zero-order chi connectivity index (χ0) is 22.5. The molecule has 2 N–H and O–H groups in total. The number of aromatic nitrogens is 1. The van der Waals surface area contributed by atoms with Gasteiger partial charge in [0.15, 0.2) is 6.61 Å². The van der Waals surface area contributed by atoms with Gasteiger partial charge in [-0.25, -0.2) is 0 Å². The minimum Gasteiger partial charge on any atom is -0.484 e. The van der Waals surface area contributed by atoms with E-state index in [0.29, 0.717) is 16.9 Å². The molecule has 3 aromatic rings. The number of fused-ring (bicyclic) bond motifs is 6. The molecule has 0 saturated heterocycles. The molecule has 1 amide bonds. The van der Waals surface area contributed by atoms with Crippen molar-refractivity contribution >= 4 is 34.7 Å². The topological polar surface area (TPSA) is 71.2 Å². The number of thioether (sulfide) groups is 1. The Balaban J connectivity index is 1.19. The number of H-pyrrole nitrogens is 1. The fraction of sp³-hybridized carbons (Fsp3) is 0.385. The van der Waals surface area contributed by atoms with Crippen LogP contribution in [0.1, 0.15) is 41.2 Å². The van der Waals surface area contributed by atoms with Crippen LogP contribution >= 0.6 is 23.1 Å². The molecule has 2 saturated carbocycles. The summed E-state index contributed by atoms with van der Waals surface area (Å²) in [6.45, 7) is 1.93. The first-order chi connectivity index (χ1) is 16.1. The highest BCUT2D eigenvalue weighted by Gasteiger charge is 2.54. The monoisotopic (exact) mass is 478 g/mol. The summed E-state index contributed by atoms with van der Waals surface area (Å²) >= 11 is 3.29. The molecule has 1 aliphatic heterocycles. The zero-order valence-corrected chi connectivity index (χ0v) is 20.0. The van der Waals surface area contributed by atoms with Crippen LogP contribution in [0.2, 0.25) is 0 Å². The van der Waals surface area contributed by atoms with E-state index < -0.39 is 0 Å². The van der Waals surface area contributed by atoms with Gasteiger partial charge in [-0.2, -0.15) is 0 Å². The second-order valence-corrected chi connectivity index (χ2v) is 11.6. The molecule has 5 atom stereocenters. The highest BCUT2D eigenvalue weighted by atomic mass is 32.2. The Hall–Kier alpha value is -2.51. The zero-order valence-electron chi connectivity index (χ0n) is 18.4. The summed E-state index contributed by atoms with van der Waals surface area (Å²) in [4.78, 5) is 28.8. The molecule has 7 heteroatoms. The third-order valence-electron chi connectivity index (χ3n) is 7.49. The number of nitrogens with one attached hydrogen (secondary N) is 2. The predicted octanol–water partition coefficient (Wildman–Crippen LogP) is 5.41. The van der Waals surface area contributed by atoms with E-state index >= 15 is 0 Å². The Labute approximate surface area is 201 Å². The largest absolute Gasteiger partial charge is 0.484 e. The normalized spacial score (nSPS) is 27.1. The first kappa shape index (κ1) is 21.1. The number of para-hydroxylation sites is 1. The molecule has 1 aromatic heterocycles. The Bertz CT molecular complexity index is 1250. The van der Waals surface area contributed by atoms with E-state index in [-0.39, 0.29) is 23.3 Å². The number of hydrogen-bond donors (Lipinski definition) is 2. The van der Waals surface area contributed by atoms with Crippen molar-refractivity contribution in [1.82, 2.24) is 4.98 Å². The highest BCUT2D eigenvalue weighted by Crippen LogP contribution is 2.63. The summed E-state index contributed by atoms with van der Waals surface area (Å²) in [5, 5.41) is 4.58. The van der Waals surface area contributed by atoms with Gasteiger partial charge in [-0.1, -0.05) is 41.7 Å². The van der Waals surface area contributed by atoms with Crippen LogP contribution in [0, 0.1) is 24.7 Å². The summed E-state index contributed by atoms with van der Waals surface area (Å²) in [7, 11) is 0. The molecule has 2 fully saturated rings. The standard InChI is InChI=1S/C26H26N2O3S2/c1-14-4-2-3-5-19(14)27-20(29)13-31-18-10-8-15(9-11-18)21-22-16-6-7-17(12-16)23(22)32-25-24(21)33-26(30)28-25/h2-5,8-11,16-17,21-23H,6-7,12-13H2,1H3,(H,27,29)(H,28,30)/t16?,17?,21-,22?,23?/m1/s1. The van der Waals surface area contributed by atoms with Crippen LogP contribution in [-0.4, -0.2) is 22.7 Å². The molecule has 2 aromatic carbocycles. The molecule has 5 nitrogen and oxygen atoms in total. The fourth-order valence-corrected chi connectivity index (χ4v) is 8.94. The molecule has 2 bridgehead atoms. The molecule has 2 aliphatic carbocycles. The van der Waals surface area contributed by atoms with E-state index in [1.54, 1.807) is 0 Å². The Kier molecular flexibility index (Phi) is 5.34. The van der Waals surface area contributed by atoms with Gasteiger partial charge in [-0.3, -0.25) is 9.59 Å². The average Bonchev–Trinajstić information content (AvgIpc) is 3.52. The molecular formula is C26H26N2O3S2. The van der Waals surface area contributed by atoms with E-state index in [9.17, 15) is 9.59 Å². The number of hydrogen-bond acceptors (Lipinski definition) is 5. The van der Waals surface area contributed by atoms with Crippen LogP contribution < -0.4 is 14.9 Å². The molecule has 33 heavy (non-hydrogen) atoms. The summed E-state index contributed by atoms with van der Waals surface area (Å²) in [5.41, 5.74) is 3.07. The number of carbonyl (C=O) groups is 1. The van der Waals surface area contributed by atoms with Crippen LogP contribution in [0.3, 0.4) is 0 Å². The SMILES string of the molecule is Cc1ccccc1NC(=O)COc1ccc([C@H]2c3sc(=O)[nH]c3SC3C4CCC(C4)C32)cc1. The van der Waals surface area contributed by atoms with Crippen LogP contribution in [0.15, 0.2) is 58.4 Å². The highest BCUT2D eigenvalue weighted by molar-refractivity contribution is 8.00. The van der Waals surface area contributed by atoms with Crippen molar-refractivity contribution in [1.29, 1.82) is 0 Å². The molecule has 3 aliphatic rings. The number of thiazole rings is 1. The summed E-state index contributed by atoms with van der Waals surface area (Å²) in [5.74, 6) is 2.89. The predicted molar refractivity (Wildman–Crippen MR) is 132 cm³/mol. The lowest BCUT2D eigenvalue weighted by Gasteiger charge is -2.40. The van der Waals surface area contributed by atoms with Crippen LogP contribution in [0.25, 0.3) is 0 Å². The number of aromatic amines is 1. The lowest BCUT2D eigenvalue weighted by Crippen LogP contribution is -2.33. The maximum Gasteiger partial charge on any atom is 0.305 e. The van der Waals surface area contributed by atoms with Gasteiger partial charge < -0.3 is 15.0 Å². The summed E-state index contributed by atoms with van der Waals surface area (Å²) < 4.78 is 5.76. The number of ether oxygens (including phenoxy) is 1. The van der Waals surface area contributed by atoms with E-state index in [2.05, 4.69) is 22.4 Å². The summed E-state index contributed by atoms with van der Waals surface area (Å²) in [6, 6.07) is 15.8. The van der Waals surface area contributed by atoms with Gasteiger partial charge in [-0.05, 0) is 73.3 Å². The Morgan fingerprint density at radius 2 is 1.91 bits per heavy atom. The maximum atomic E-state index is 12.3. The first-order valence-electron chi connectivity index (χ1n) is 11.5. The first-order valence-corrected chi connectivity index (χ1v) is 13.2. The Morgan fingerprint density at radius 1 is 1.12 bits per heavy atom. The van der Waals surface area contributed by atoms with Gasteiger partial charge in [0.1, 0.15) is 5.75 Å². The van der Waals surface area contributed by atoms with E-state index in [1.165, 1.54) is 41.0 Å². The minimum atomic E-state index is -0.177. The number of aryl methyl sites for hydroxylation is 1. The third kappa shape index (κ3) is 3.81. The summed E-state index contributed by atoms with van der Waals surface area (Å²) in [6.07, 6.45) is 3.97. The molecule has 4 unspecified atom stereocenters. The van der Waals surface area contributed by atoms with E-state index in [0.717, 1.165) is 28.1 Å². The van der Waals surface area contributed by atoms with E-state index in [1.807, 2.05) is 55.1 Å². The van der Waals surface area contributed by atoms with Crippen molar-refractivity contribution in [3.8, 4) is 5.75 Å². The average molecular weight is 479 g/mol. The van der Waals surface area contributed by atoms with Crippen molar-refractivity contribution in [3.63, 3.8) is 0 Å².